The SMILES string of the molecule is CC(C)(C)OC(=O)CC(=O)C[C@H](O)COC(=O)C(C)(C)C. The van der Waals surface area contributed by atoms with Crippen molar-refractivity contribution in [3.8, 4) is 0 Å². The van der Waals surface area contributed by atoms with Crippen molar-refractivity contribution in [2.24, 2.45) is 5.41 Å². The second-order valence-corrected chi connectivity index (χ2v) is 7.01. The highest BCUT2D eigenvalue weighted by molar-refractivity contribution is 5.95. The average Bonchev–Trinajstić information content (AvgIpc) is 2.20. The molecular weight excluding hydrogens is 276 g/mol. The fraction of sp³-hybridized carbons (Fsp3) is 0.800. The van der Waals surface area contributed by atoms with E-state index in [9.17, 15) is 19.5 Å². The van der Waals surface area contributed by atoms with E-state index in [1.54, 1.807) is 41.5 Å². The van der Waals surface area contributed by atoms with Gasteiger partial charge in [0.05, 0.1) is 11.5 Å². The zero-order valence-corrected chi connectivity index (χ0v) is 13.7. The minimum atomic E-state index is -1.12. The van der Waals surface area contributed by atoms with Crippen LogP contribution in [0.4, 0.5) is 0 Å². The van der Waals surface area contributed by atoms with E-state index in [4.69, 9.17) is 9.47 Å². The van der Waals surface area contributed by atoms with Crippen LogP contribution >= 0.6 is 0 Å². The zero-order valence-electron chi connectivity index (χ0n) is 13.7. The highest BCUT2D eigenvalue weighted by atomic mass is 16.6. The van der Waals surface area contributed by atoms with Crippen LogP contribution in [0, 0.1) is 5.41 Å². The van der Waals surface area contributed by atoms with Gasteiger partial charge in [-0.05, 0) is 41.5 Å². The van der Waals surface area contributed by atoms with Gasteiger partial charge in [-0.25, -0.2) is 0 Å². The van der Waals surface area contributed by atoms with Crippen LogP contribution in [0.15, 0.2) is 0 Å². The van der Waals surface area contributed by atoms with E-state index < -0.39 is 41.3 Å². The molecule has 21 heavy (non-hydrogen) atoms. The van der Waals surface area contributed by atoms with Crippen molar-refractivity contribution in [3.05, 3.63) is 0 Å². The standard InChI is InChI=1S/C15H26O6/c1-14(2,3)13(19)20-9-11(17)7-10(16)8-12(18)21-15(4,5)6/h11,17H,7-9H2,1-6H3/t11-/m0/s1. The minimum absolute atomic E-state index is 0.253. The maximum absolute atomic E-state index is 11.6. The quantitative estimate of drug-likeness (QED) is 0.592. The van der Waals surface area contributed by atoms with E-state index in [-0.39, 0.29) is 13.0 Å². The van der Waals surface area contributed by atoms with Crippen molar-refractivity contribution in [2.75, 3.05) is 6.61 Å². The summed E-state index contributed by atoms with van der Waals surface area (Å²) in [5.74, 6) is -1.55. The Morgan fingerprint density at radius 1 is 1.05 bits per heavy atom. The molecule has 0 heterocycles. The number of rotatable bonds is 6. The van der Waals surface area contributed by atoms with Crippen molar-refractivity contribution in [2.45, 2.75) is 66.1 Å². The first kappa shape index (κ1) is 19.6. The lowest BCUT2D eigenvalue weighted by molar-refractivity contribution is -0.159. The third kappa shape index (κ3) is 10.0. The molecule has 0 aromatic rings. The summed E-state index contributed by atoms with van der Waals surface area (Å²) in [5.41, 5.74) is -1.32. The molecule has 0 rings (SSSR count). The van der Waals surface area contributed by atoms with Crippen LogP contribution in [0.1, 0.15) is 54.4 Å². The summed E-state index contributed by atoms with van der Waals surface area (Å²) in [4.78, 5) is 34.5. The molecule has 0 saturated carbocycles. The average molecular weight is 302 g/mol. The number of aliphatic hydroxyl groups excluding tert-OH is 1. The summed E-state index contributed by atoms with van der Waals surface area (Å²) in [6.07, 6.45) is -1.77. The highest BCUT2D eigenvalue weighted by Crippen LogP contribution is 2.15. The fourth-order valence-corrected chi connectivity index (χ4v) is 1.32. The van der Waals surface area contributed by atoms with Crippen LogP contribution in [0.5, 0.6) is 0 Å². The third-order valence-corrected chi connectivity index (χ3v) is 2.24. The summed E-state index contributed by atoms with van der Waals surface area (Å²) in [7, 11) is 0. The van der Waals surface area contributed by atoms with Gasteiger partial charge in [0.1, 0.15) is 24.4 Å². The van der Waals surface area contributed by atoms with Gasteiger partial charge in [0.25, 0.3) is 0 Å². The second-order valence-electron chi connectivity index (χ2n) is 7.01. The van der Waals surface area contributed by atoms with Crippen molar-refractivity contribution in [1.82, 2.24) is 0 Å². The first-order valence-electron chi connectivity index (χ1n) is 6.90. The molecule has 0 amide bonds. The van der Waals surface area contributed by atoms with Crippen molar-refractivity contribution in [1.29, 1.82) is 0 Å². The van der Waals surface area contributed by atoms with Gasteiger partial charge >= 0.3 is 11.9 Å². The molecule has 1 atom stereocenters. The van der Waals surface area contributed by atoms with Crippen molar-refractivity contribution < 1.29 is 29.0 Å². The first-order valence-corrected chi connectivity index (χ1v) is 6.90. The molecule has 0 fully saturated rings. The van der Waals surface area contributed by atoms with E-state index in [0.717, 1.165) is 0 Å². The Morgan fingerprint density at radius 2 is 1.57 bits per heavy atom. The molecule has 0 radical (unpaired) electrons. The normalized spacial score (nSPS) is 13.5. The Hall–Kier alpha value is -1.43. The van der Waals surface area contributed by atoms with E-state index in [1.165, 1.54) is 0 Å². The number of ketones is 1. The Morgan fingerprint density at radius 3 is 2.00 bits per heavy atom. The van der Waals surface area contributed by atoms with E-state index in [2.05, 4.69) is 0 Å². The van der Waals surface area contributed by atoms with Gasteiger partial charge in [0.2, 0.25) is 0 Å². The molecule has 0 bridgehead atoms. The lowest BCUT2D eigenvalue weighted by Gasteiger charge is -2.20. The molecule has 0 saturated heterocycles. The number of hydrogen-bond donors (Lipinski definition) is 1. The van der Waals surface area contributed by atoms with Gasteiger partial charge in [-0.3, -0.25) is 14.4 Å². The molecule has 1 N–H and O–H groups in total. The first-order chi connectivity index (χ1) is 9.31. The number of aliphatic hydroxyl groups is 1. The van der Waals surface area contributed by atoms with Gasteiger partial charge < -0.3 is 14.6 Å². The predicted molar refractivity (Wildman–Crippen MR) is 76.5 cm³/mol. The number of carbonyl (C=O) groups is 3. The fourth-order valence-electron chi connectivity index (χ4n) is 1.32. The maximum Gasteiger partial charge on any atom is 0.313 e. The minimum Gasteiger partial charge on any atom is -0.463 e. The summed E-state index contributed by atoms with van der Waals surface area (Å²) < 4.78 is 9.90. The molecule has 0 aliphatic heterocycles. The van der Waals surface area contributed by atoms with Crippen LogP contribution < -0.4 is 0 Å². The van der Waals surface area contributed by atoms with E-state index in [0.29, 0.717) is 0 Å². The summed E-state index contributed by atoms with van der Waals surface area (Å²) >= 11 is 0. The third-order valence-electron chi connectivity index (χ3n) is 2.24. The molecule has 6 nitrogen and oxygen atoms in total. The highest BCUT2D eigenvalue weighted by Gasteiger charge is 2.25. The van der Waals surface area contributed by atoms with E-state index >= 15 is 0 Å². The Bertz CT molecular complexity index is 386. The topological polar surface area (TPSA) is 89.9 Å². The number of ether oxygens (including phenoxy) is 2. The lowest BCUT2D eigenvalue weighted by Crippen LogP contribution is -2.29. The Balaban J connectivity index is 4.11. The maximum atomic E-state index is 11.6. The summed E-state index contributed by atoms with van der Waals surface area (Å²) in [6.45, 7) is 9.92. The van der Waals surface area contributed by atoms with Gasteiger partial charge in [0, 0.05) is 6.42 Å². The van der Waals surface area contributed by atoms with Gasteiger partial charge in [-0.2, -0.15) is 0 Å². The molecular formula is C15H26O6. The smallest absolute Gasteiger partial charge is 0.313 e. The summed E-state index contributed by atoms with van der Waals surface area (Å²) in [6, 6.07) is 0. The van der Waals surface area contributed by atoms with Crippen molar-refractivity contribution >= 4 is 17.7 Å². The molecule has 6 heteroatoms. The summed E-state index contributed by atoms with van der Waals surface area (Å²) in [5, 5.41) is 9.63. The predicted octanol–water partition coefficient (Wildman–Crippen LogP) is 1.63. The van der Waals surface area contributed by atoms with Gasteiger partial charge in [0.15, 0.2) is 0 Å². The van der Waals surface area contributed by atoms with Gasteiger partial charge in [-0.1, -0.05) is 0 Å². The molecule has 0 aliphatic rings. The number of carbonyl (C=O) groups excluding carboxylic acids is 3. The van der Waals surface area contributed by atoms with Crippen LogP contribution in [0.3, 0.4) is 0 Å². The molecule has 0 aromatic carbocycles. The lowest BCUT2D eigenvalue weighted by atomic mass is 9.97. The Kier molecular flexibility index (Phi) is 7.03. The number of esters is 2. The Labute approximate surface area is 125 Å². The largest absolute Gasteiger partial charge is 0.463 e. The molecule has 0 aliphatic carbocycles. The van der Waals surface area contributed by atoms with Crippen LogP contribution in [-0.2, 0) is 23.9 Å². The molecule has 0 spiro atoms. The van der Waals surface area contributed by atoms with E-state index in [1.807, 2.05) is 0 Å². The number of hydrogen-bond acceptors (Lipinski definition) is 6. The monoisotopic (exact) mass is 302 g/mol. The zero-order chi connectivity index (χ0) is 16.8. The van der Waals surface area contributed by atoms with Gasteiger partial charge in [-0.15, -0.1) is 0 Å². The van der Waals surface area contributed by atoms with Crippen LogP contribution in [0.25, 0.3) is 0 Å². The molecule has 0 unspecified atom stereocenters. The second kappa shape index (κ2) is 7.54. The van der Waals surface area contributed by atoms with Crippen LogP contribution in [-0.4, -0.2) is 41.1 Å². The number of Topliss-reactive ketones (excluding diaryl/α,β-unsaturated/α-hetero) is 1. The molecule has 122 valence electrons. The molecule has 0 aromatic heterocycles. The van der Waals surface area contributed by atoms with Crippen LogP contribution in [0.2, 0.25) is 0 Å². The van der Waals surface area contributed by atoms with Crippen molar-refractivity contribution in [3.63, 3.8) is 0 Å².